The number of hydrogen-bond acceptors (Lipinski definition) is 6. The number of aromatic nitrogens is 1. The van der Waals surface area contributed by atoms with Crippen molar-refractivity contribution < 1.29 is 14.3 Å². The Labute approximate surface area is 156 Å². The fraction of sp³-hybridized carbons (Fsp3) is 0.389. The zero-order chi connectivity index (χ0) is 18.7. The van der Waals surface area contributed by atoms with Crippen molar-refractivity contribution in [2.24, 2.45) is 5.73 Å². The average Bonchev–Trinajstić information content (AvgIpc) is 3.09. The van der Waals surface area contributed by atoms with Crippen LogP contribution < -0.4 is 21.1 Å². The van der Waals surface area contributed by atoms with Gasteiger partial charge in [-0.1, -0.05) is 13.0 Å². The maximum absolute atomic E-state index is 12.4. The molecule has 1 aliphatic rings. The molecule has 4 N–H and O–H groups in total. The van der Waals surface area contributed by atoms with Gasteiger partial charge in [0, 0.05) is 11.8 Å². The number of nitrogens with two attached hydrogens (primary N) is 1. The van der Waals surface area contributed by atoms with E-state index in [4.69, 9.17) is 10.5 Å². The minimum absolute atomic E-state index is 0.133. The van der Waals surface area contributed by atoms with Crippen LogP contribution in [0.3, 0.4) is 0 Å². The van der Waals surface area contributed by atoms with Crippen molar-refractivity contribution in [3.05, 3.63) is 39.8 Å². The summed E-state index contributed by atoms with van der Waals surface area (Å²) in [5, 5.41) is 8.37. The van der Waals surface area contributed by atoms with Crippen LogP contribution in [0.5, 0.6) is 5.75 Å². The van der Waals surface area contributed by atoms with E-state index in [1.807, 2.05) is 26.0 Å². The molecule has 26 heavy (non-hydrogen) atoms. The maximum Gasteiger partial charge on any atom is 0.271 e. The molecule has 0 radical (unpaired) electrons. The van der Waals surface area contributed by atoms with E-state index in [9.17, 15) is 9.59 Å². The van der Waals surface area contributed by atoms with Crippen molar-refractivity contribution in [1.82, 2.24) is 10.3 Å². The molecule has 8 heteroatoms. The highest BCUT2D eigenvalue weighted by Crippen LogP contribution is 2.33. The highest BCUT2D eigenvalue weighted by molar-refractivity contribution is 7.09. The van der Waals surface area contributed by atoms with Crippen LogP contribution in [-0.2, 0) is 11.2 Å². The lowest BCUT2D eigenvalue weighted by Crippen LogP contribution is -2.36. The SMILES string of the molecule is CCC1Oc2cc(C(C)NC(=O)c3csc(CCN)n3)ccc2NC1=O. The number of carbonyl (C=O) groups excluding carboxylic acids is 2. The van der Waals surface area contributed by atoms with Gasteiger partial charge in [-0.25, -0.2) is 4.98 Å². The summed E-state index contributed by atoms with van der Waals surface area (Å²) in [5.74, 6) is 0.259. The van der Waals surface area contributed by atoms with E-state index < -0.39 is 6.10 Å². The minimum Gasteiger partial charge on any atom is -0.478 e. The number of carbonyl (C=O) groups is 2. The van der Waals surface area contributed by atoms with Crippen LogP contribution in [0.1, 0.15) is 47.4 Å². The monoisotopic (exact) mass is 374 g/mol. The molecule has 1 aromatic heterocycles. The van der Waals surface area contributed by atoms with E-state index >= 15 is 0 Å². The summed E-state index contributed by atoms with van der Waals surface area (Å²) < 4.78 is 5.76. The van der Waals surface area contributed by atoms with Crippen molar-refractivity contribution in [2.45, 2.75) is 38.8 Å². The van der Waals surface area contributed by atoms with Gasteiger partial charge in [0.25, 0.3) is 11.8 Å². The number of hydrogen-bond donors (Lipinski definition) is 3. The Morgan fingerprint density at radius 3 is 3.04 bits per heavy atom. The molecule has 1 aliphatic heterocycles. The lowest BCUT2D eigenvalue weighted by Gasteiger charge is -2.26. The zero-order valence-corrected chi connectivity index (χ0v) is 15.6. The average molecular weight is 374 g/mol. The first kappa shape index (κ1) is 18.3. The number of benzene rings is 1. The highest BCUT2D eigenvalue weighted by Gasteiger charge is 2.26. The van der Waals surface area contributed by atoms with Gasteiger partial charge in [-0.15, -0.1) is 11.3 Å². The number of amides is 2. The molecule has 0 saturated carbocycles. The molecule has 3 rings (SSSR count). The maximum atomic E-state index is 12.4. The largest absolute Gasteiger partial charge is 0.478 e. The van der Waals surface area contributed by atoms with Crippen LogP contribution in [0.15, 0.2) is 23.6 Å². The summed E-state index contributed by atoms with van der Waals surface area (Å²) in [7, 11) is 0. The Morgan fingerprint density at radius 1 is 1.50 bits per heavy atom. The third-order valence-corrected chi connectivity index (χ3v) is 5.09. The van der Waals surface area contributed by atoms with Gasteiger partial charge in [0.05, 0.1) is 16.7 Å². The molecular formula is C18H22N4O3S. The fourth-order valence-corrected chi connectivity index (χ4v) is 3.50. The van der Waals surface area contributed by atoms with E-state index in [0.29, 0.717) is 36.5 Å². The molecule has 0 spiro atoms. The summed E-state index contributed by atoms with van der Waals surface area (Å²) in [5.41, 5.74) is 7.45. The smallest absolute Gasteiger partial charge is 0.271 e. The molecule has 0 bridgehead atoms. The van der Waals surface area contributed by atoms with E-state index in [1.54, 1.807) is 11.4 Å². The second kappa shape index (κ2) is 7.84. The molecule has 7 nitrogen and oxygen atoms in total. The van der Waals surface area contributed by atoms with Crippen LogP contribution in [0.25, 0.3) is 0 Å². The normalized spacial score (nSPS) is 17.0. The predicted octanol–water partition coefficient (Wildman–Crippen LogP) is 2.24. The Balaban J connectivity index is 1.70. The topological polar surface area (TPSA) is 106 Å². The van der Waals surface area contributed by atoms with Crippen molar-refractivity contribution in [3.8, 4) is 5.75 Å². The van der Waals surface area contributed by atoms with Gasteiger partial charge >= 0.3 is 0 Å². The van der Waals surface area contributed by atoms with Crippen molar-refractivity contribution >= 4 is 28.8 Å². The molecule has 2 amide bonds. The Kier molecular flexibility index (Phi) is 5.53. The van der Waals surface area contributed by atoms with Gasteiger partial charge in [0.2, 0.25) is 0 Å². The molecular weight excluding hydrogens is 352 g/mol. The standard InChI is InChI=1S/C18H22N4O3S/c1-3-14-18(24)22-12-5-4-11(8-15(12)25-14)10(2)20-17(23)13-9-26-16(21-13)6-7-19/h4-5,8-10,14H,3,6-7,19H2,1-2H3,(H,20,23)(H,22,24). The molecule has 2 aromatic rings. The van der Waals surface area contributed by atoms with E-state index in [-0.39, 0.29) is 17.9 Å². The molecule has 138 valence electrons. The summed E-state index contributed by atoms with van der Waals surface area (Å²) in [6.45, 7) is 4.30. The molecule has 0 fully saturated rings. The summed E-state index contributed by atoms with van der Waals surface area (Å²) in [6.07, 6.45) is 0.773. The van der Waals surface area contributed by atoms with Crippen molar-refractivity contribution in [1.29, 1.82) is 0 Å². The zero-order valence-electron chi connectivity index (χ0n) is 14.7. The van der Waals surface area contributed by atoms with Crippen LogP contribution >= 0.6 is 11.3 Å². The van der Waals surface area contributed by atoms with E-state index in [1.165, 1.54) is 11.3 Å². The summed E-state index contributed by atoms with van der Waals surface area (Å²) in [6, 6.07) is 5.28. The molecule has 2 heterocycles. The summed E-state index contributed by atoms with van der Waals surface area (Å²) >= 11 is 1.43. The number of anilines is 1. The van der Waals surface area contributed by atoms with Crippen LogP contribution in [0.2, 0.25) is 0 Å². The van der Waals surface area contributed by atoms with Crippen LogP contribution in [0, 0.1) is 0 Å². The van der Waals surface area contributed by atoms with Crippen molar-refractivity contribution in [3.63, 3.8) is 0 Å². The molecule has 0 saturated heterocycles. The second-order valence-corrected chi connectivity index (χ2v) is 7.06. The molecule has 1 aromatic carbocycles. The number of nitrogens with one attached hydrogen (secondary N) is 2. The molecule has 2 unspecified atom stereocenters. The van der Waals surface area contributed by atoms with Crippen LogP contribution in [0.4, 0.5) is 5.69 Å². The first-order chi connectivity index (χ1) is 12.5. The summed E-state index contributed by atoms with van der Waals surface area (Å²) in [4.78, 5) is 28.5. The lowest BCUT2D eigenvalue weighted by molar-refractivity contribution is -0.123. The van der Waals surface area contributed by atoms with E-state index in [2.05, 4.69) is 15.6 Å². The van der Waals surface area contributed by atoms with Gasteiger partial charge < -0.3 is 21.1 Å². The third-order valence-electron chi connectivity index (χ3n) is 4.19. The van der Waals surface area contributed by atoms with Gasteiger partial charge in [0.1, 0.15) is 11.4 Å². The third kappa shape index (κ3) is 3.86. The van der Waals surface area contributed by atoms with Gasteiger partial charge in [-0.05, 0) is 37.6 Å². The van der Waals surface area contributed by atoms with Crippen molar-refractivity contribution in [2.75, 3.05) is 11.9 Å². The lowest BCUT2D eigenvalue weighted by atomic mass is 10.1. The van der Waals surface area contributed by atoms with Crippen LogP contribution in [-0.4, -0.2) is 29.4 Å². The van der Waals surface area contributed by atoms with Gasteiger partial charge in [-0.3, -0.25) is 9.59 Å². The predicted molar refractivity (Wildman–Crippen MR) is 101 cm³/mol. The highest BCUT2D eigenvalue weighted by atomic mass is 32.1. The van der Waals surface area contributed by atoms with E-state index in [0.717, 1.165) is 10.6 Å². The number of fused-ring (bicyclic) bond motifs is 1. The molecule has 2 atom stereocenters. The Bertz CT molecular complexity index is 821. The first-order valence-corrected chi connectivity index (χ1v) is 9.46. The first-order valence-electron chi connectivity index (χ1n) is 8.58. The number of rotatable bonds is 6. The van der Waals surface area contributed by atoms with Gasteiger partial charge in [0.15, 0.2) is 6.10 Å². The quantitative estimate of drug-likeness (QED) is 0.719. The second-order valence-electron chi connectivity index (χ2n) is 6.12. The van der Waals surface area contributed by atoms with Gasteiger partial charge in [-0.2, -0.15) is 0 Å². The number of thiazole rings is 1. The fourth-order valence-electron chi connectivity index (χ4n) is 2.71. The Hall–Kier alpha value is -2.45. The number of ether oxygens (including phenoxy) is 1. The minimum atomic E-state index is -0.487. The molecule has 0 aliphatic carbocycles. The Morgan fingerprint density at radius 2 is 2.31 bits per heavy atom. The number of nitrogens with zero attached hydrogens (tertiary/aromatic N) is 1.